The molecule has 1 aromatic heterocycles. The number of benzene rings is 2. The number of ether oxygens (including phenoxy) is 1. The molecule has 3 rings (SSSR count). The molecule has 5 heteroatoms. The van der Waals surface area contributed by atoms with Crippen LogP contribution in [0.5, 0.6) is 5.75 Å². The molecular weight excluding hydrogens is 314 g/mol. The largest absolute Gasteiger partial charge is 0.496 e. The monoisotopic (exact) mass is 326 g/mol. The van der Waals surface area contributed by atoms with E-state index in [4.69, 9.17) is 4.74 Å². The van der Waals surface area contributed by atoms with Gasteiger partial charge in [-0.15, -0.1) is 0 Å². The van der Waals surface area contributed by atoms with Gasteiger partial charge in [-0.3, -0.25) is 0 Å². The Hall–Kier alpha value is -3.00. The summed E-state index contributed by atoms with van der Waals surface area (Å²) in [7, 11) is 1.58. The van der Waals surface area contributed by atoms with Crippen LogP contribution in [0.3, 0.4) is 0 Å². The maximum absolute atomic E-state index is 12.7. The fourth-order valence-electron chi connectivity index (χ4n) is 2.28. The Kier molecular flexibility index (Phi) is 4.13. The maximum atomic E-state index is 12.7. The summed E-state index contributed by atoms with van der Waals surface area (Å²) in [6, 6.07) is 13.9. The maximum Gasteiger partial charge on any atom is 0.416 e. The molecule has 1 heterocycles. The SMILES string of the molecule is [11CH3]Oc1cccc2nc(C#Cc3cccc(C(F)(F)F)c3)ccc12. The van der Waals surface area contributed by atoms with Gasteiger partial charge in [0, 0.05) is 10.9 Å². The van der Waals surface area contributed by atoms with Crippen LogP contribution in [0.2, 0.25) is 0 Å². The number of aromatic nitrogens is 1. The fourth-order valence-corrected chi connectivity index (χ4v) is 2.28. The van der Waals surface area contributed by atoms with Gasteiger partial charge in [0.2, 0.25) is 0 Å². The van der Waals surface area contributed by atoms with Crippen molar-refractivity contribution in [1.29, 1.82) is 0 Å². The Balaban J connectivity index is 1.95. The molecule has 0 aliphatic heterocycles. The van der Waals surface area contributed by atoms with Gasteiger partial charge in [-0.25, -0.2) is 4.98 Å². The molecule has 0 saturated carbocycles. The highest BCUT2D eigenvalue weighted by Crippen LogP contribution is 2.29. The van der Waals surface area contributed by atoms with Crippen LogP contribution in [0.1, 0.15) is 16.8 Å². The van der Waals surface area contributed by atoms with Gasteiger partial charge < -0.3 is 4.74 Å². The summed E-state index contributed by atoms with van der Waals surface area (Å²) in [6.07, 6.45) is -4.38. The van der Waals surface area contributed by atoms with E-state index >= 15 is 0 Å². The van der Waals surface area contributed by atoms with Gasteiger partial charge >= 0.3 is 6.18 Å². The van der Waals surface area contributed by atoms with E-state index in [1.165, 1.54) is 12.1 Å². The Morgan fingerprint density at radius 1 is 0.958 bits per heavy atom. The van der Waals surface area contributed by atoms with Crippen LogP contribution < -0.4 is 4.74 Å². The van der Waals surface area contributed by atoms with Gasteiger partial charge in [0.1, 0.15) is 11.4 Å². The number of alkyl halides is 3. The third kappa shape index (κ3) is 3.33. The molecule has 2 aromatic carbocycles. The summed E-state index contributed by atoms with van der Waals surface area (Å²) >= 11 is 0. The van der Waals surface area contributed by atoms with E-state index in [1.54, 1.807) is 13.2 Å². The smallest absolute Gasteiger partial charge is 0.416 e. The summed E-state index contributed by atoms with van der Waals surface area (Å²) in [5.41, 5.74) is 0.765. The summed E-state index contributed by atoms with van der Waals surface area (Å²) < 4.78 is 43.4. The number of nitrogens with zero attached hydrogens (tertiary/aromatic N) is 1. The molecule has 2 nitrogen and oxygen atoms in total. The average molecular weight is 326 g/mol. The number of hydrogen-bond donors (Lipinski definition) is 0. The summed E-state index contributed by atoms with van der Waals surface area (Å²) in [6.45, 7) is 0. The molecule has 0 bridgehead atoms. The molecule has 0 aliphatic rings. The zero-order valence-corrected chi connectivity index (χ0v) is 12.7. The summed E-state index contributed by atoms with van der Waals surface area (Å²) in [5, 5.41) is 0.851. The lowest BCUT2D eigenvalue weighted by Crippen LogP contribution is -2.04. The molecule has 0 amide bonds. The average Bonchev–Trinajstić information content (AvgIpc) is 2.58. The predicted octanol–water partition coefficient (Wildman–Crippen LogP) is 4.66. The molecule has 0 unspecified atom stereocenters. The van der Waals surface area contributed by atoms with Crippen LogP contribution in [0, 0.1) is 11.8 Å². The lowest BCUT2D eigenvalue weighted by molar-refractivity contribution is -0.137. The van der Waals surface area contributed by atoms with Crippen molar-refractivity contribution in [2.24, 2.45) is 0 Å². The number of rotatable bonds is 1. The zero-order chi connectivity index (χ0) is 17.2. The van der Waals surface area contributed by atoms with Gasteiger partial charge in [-0.2, -0.15) is 13.2 Å². The van der Waals surface area contributed by atoms with Gasteiger partial charge in [-0.1, -0.05) is 18.1 Å². The van der Waals surface area contributed by atoms with Gasteiger partial charge in [0.05, 0.1) is 18.2 Å². The third-order valence-corrected chi connectivity index (χ3v) is 3.44. The second-order valence-corrected chi connectivity index (χ2v) is 5.05. The van der Waals surface area contributed by atoms with Crippen molar-refractivity contribution in [3.05, 3.63) is 71.4 Å². The van der Waals surface area contributed by atoms with Crippen LogP contribution in [0.4, 0.5) is 13.2 Å². The molecule has 24 heavy (non-hydrogen) atoms. The van der Waals surface area contributed by atoms with Gasteiger partial charge in [-0.05, 0) is 48.4 Å². The highest BCUT2D eigenvalue weighted by Gasteiger charge is 2.30. The predicted molar refractivity (Wildman–Crippen MR) is 85.7 cm³/mol. The lowest BCUT2D eigenvalue weighted by Gasteiger charge is -2.06. The van der Waals surface area contributed by atoms with Crippen molar-refractivity contribution >= 4 is 10.9 Å². The van der Waals surface area contributed by atoms with E-state index in [0.29, 0.717) is 17.0 Å². The molecule has 0 radical (unpaired) electrons. The third-order valence-electron chi connectivity index (χ3n) is 3.44. The minimum absolute atomic E-state index is 0.289. The van der Waals surface area contributed by atoms with E-state index in [9.17, 15) is 13.2 Å². The minimum atomic E-state index is -4.38. The molecule has 3 aromatic rings. The van der Waals surface area contributed by atoms with Crippen molar-refractivity contribution in [1.82, 2.24) is 4.98 Å². The van der Waals surface area contributed by atoms with E-state index in [0.717, 1.165) is 17.5 Å². The number of fused-ring (bicyclic) bond motifs is 1. The lowest BCUT2D eigenvalue weighted by atomic mass is 10.1. The van der Waals surface area contributed by atoms with Crippen LogP contribution in [0.15, 0.2) is 54.6 Å². The highest BCUT2D eigenvalue weighted by atomic mass is 19.4. The molecule has 0 fully saturated rings. The van der Waals surface area contributed by atoms with Crippen molar-refractivity contribution in [3.8, 4) is 17.6 Å². The van der Waals surface area contributed by atoms with E-state index in [2.05, 4.69) is 16.8 Å². The number of pyridine rings is 1. The summed E-state index contributed by atoms with van der Waals surface area (Å²) in [4.78, 5) is 4.39. The van der Waals surface area contributed by atoms with Gasteiger partial charge in [0.25, 0.3) is 0 Å². The number of methoxy groups -OCH3 is 1. The highest BCUT2D eigenvalue weighted by molar-refractivity contribution is 5.85. The molecule has 0 aliphatic carbocycles. The molecule has 120 valence electrons. The topological polar surface area (TPSA) is 22.1 Å². The minimum Gasteiger partial charge on any atom is -0.496 e. The first-order valence-corrected chi connectivity index (χ1v) is 7.10. The number of halogens is 3. The first kappa shape index (κ1) is 15.9. The molecule has 0 spiro atoms. The molecular formula is C19H12F3NO. The Morgan fingerprint density at radius 3 is 2.50 bits per heavy atom. The van der Waals surface area contributed by atoms with Crippen LogP contribution >= 0.6 is 0 Å². The zero-order valence-electron chi connectivity index (χ0n) is 12.7. The van der Waals surface area contributed by atoms with Crippen LogP contribution in [-0.2, 0) is 6.18 Å². The number of hydrogen-bond acceptors (Lipinski definition) is 2. The Bertz CT molecular complexity index is 952. The standard InChI is InChI=1S/C19H12F3NO/c1-24-18-7-3-6-17-16(18)11-10-15(23-17)9-8-13-4-2-5-14(12-13)19(20,21)22/h2-7,10-12H,1H3/i1-1. The summed E-state index contributed by atoms with van der Waals surface area (Å²) in [5.74, 6) is 6.23. The quantitative estimate of drug-likeness (QED) is 0.607. The van der Waals surface area contributed by atoms with Crippen LogP contribution in [-0.4, -0.2) is 12.1 Å². The van der Waals surface area contributed by atoms with E-state index in [1.807, 2.05) is 24.3 Å². The van der Waals surface area contributed by atoms with Crippen molar-refractivity contribution in [2.45, 2.75) is 6.18 Å². The Morgan fingerprint density at radius 2 is 1.75 bits per heavy atom. The van der Waals surface area contributed by atoms with Gasteiger partial charge in [0.15, 0.2) is 0 Å². The van der Waals surface area contributed by atoms with Crippen molar-refractivity contribution in [3.63, 3.8) is 0 Å². The van der Waals surface area contributed by atoms with Crippen molar-refractivity contribution < 1.29 is 17.9 Å². The van der Waals surface area contributed by atoms with Crippen LogP contribution in [0.25, 0.3) is 10.9 Å². The first-order valence-electron chi connectivity index (χ1n) is 7.10. The van der Waals surface area contributed by atoms with Crippen molar-refractivity contribution in [2.75, 3.05) is 7.11 Å². The molecule has 0 saturated heterocycles. The Labute approximate surface area is 136 Å². The molecule has 0 atom stereocenters. The molecule has 0 N–H and O–H groups in total. The second-order valence-electron chi connectivity index (χ2n) is 5.05. The first-order chi connectivity index (χ1) is 11.5. The van der Waals surface area contributed by atoms with E-state index < -0.39 is 11.7 Å². The second kappa shape index (κ2) is 6.25. The fraction of sp³-hybridized carbons (Fsp3) is 0.105. The van der Waals surface area contributed by atoms with E-state index in [-0.39, 0.29) is 5.56 Å². The normalized spacial score (nSPS) is 11.0.